The van der Waals surface area contributed by atoms with Crippen molar-refractivity contribution in [1.82, 2.24) is 24.9 Å². The zero-order valence-electron chi connectivity index (χ0n) is 14.0. The van der Waals surface area contributed by atoms with E-state index in [0.717, 1.165) is 10.1 Å². The van der Waals surface area contributed by atoms with Crippen molar-refractivity contribution in [2.24, 2.45) is 0 Å². The molecule has 0 aliphatic heterocycles. The molecule has 4 aromatic rings. The van der Waals surface area contributed by atoms with Gasteiger partial charge >= 0.3 is 0 Å². The van der Waals surface area contributed by atoms with Crippen LogP contribution >= 0.6 is 15.9 Å². The predicted molar refractivity (Wildman–Crippen MR) is 103 cm³/mol. The smallest absolute Gasteiger partial charge is 0.253 e. The highest BCUT2D eigenvalue weighted by atomic mass is 79.9. The zero-order chi connectivity index (χ0) is 18.6. The third kappa shape index (κ3) is 3.95. The summed E-state index contributed by atoms with van der Waals surface area (Å²) in [6, 6.07) is 16.4. The van der Waals surface area contributed by atoms with Crippen molar-refractivity contribution in [2.45, 2.75) is 6.54 Å². The fraction of sp³-hybridized carbons (Fsp3) is 0.0526. The average molecular weight is 424 g/mol. The van der Waals surface area contributed by atoms with Crippen molar-refractivity contribution in [3.05, 3.63) is 82.9 Å². The van der Waals surface area contributed by atoms with E-state index in [1.807, 2.05) is 53.1 Å². The molecule has 0 radical (unpaired) electrons. The molecule has 0 atom stereocenters. The minimum Gasteiger partial charge on any atom is -0.439 e. The van der Waals surface area contributed by atoms with Crippen LogP contribution in [0.2, 0.25) is 0 Å². The van der Waals surface area contributed by atoms with Gasteiger partial charge in [0.1, 0.15) is 5.75 Å². The summed E-state index contributed by atoms with van der Waals surface area (Å²) in [6.07, 6.45) is 3.33. The van der Waals surface area contributed by atoms with Gasteiger partial charge in [-0.05, 0) is 36.4 Å². The standard InChI is InChI=1S/C19H14BrN5O2/c20-14-4-3-5-15(10-14)27-18-8-7-13(11-21-18)19(26)22-12-17-24-23-16-6-1-2-9-25(16)17/h1-11H,12H2,(H,22,26). The number of nitrogens with zero attached hydrogens (tertiary/aromatic N) is 4. The van der Waals surface area contributed by atoms with Crippen molar-refractivity contribution in [3.63, 3.8) is 0 Å². The van der Waals surface area contributed by atoms with Crippen LogP contribution in [0, 0.1) is 0 Å². The second kappa shape index (κ2) is 7.55. The van der Waals surface area contributed by atoms with E-state index in [1.54, 1.807) is 12.1 Å². The monoisotopic (exact) mass is 423 g/mol. The number of fused-ring (bicyclic) bond motifs is 1. The molecule has 0 unspecified atom stereocenters. The number of carbonyl (C=O) groups is 1. The molecule has 3 aromatic heterocycles. The number of aromatic nitrogens is 4. The van der Waals surface area contributed by atoms with Gasteiger partial charge in [0.25, 0.3) is 5.91 Å². The van der Waals surface area contributed by atoms with Gasteiger partial charge in [0.2, 0.25) is 5.88 Å². The van der Waals surface area contributed by atoms with Gasteiger partial charge in [0.15, 0.2) is 11.5 Å². The molecule has 0 fully saturated rings. The van der Waals surface area contributed by atoms with Crippen molar-refractivity contribution in [2.75, 3.05) is 0 Å². The molecule has 27 heavy (non-hydrogen) atoms. The van der Waals surface area contributed by atoms with Gasteiger partial charge < -0.3 is 10.1 Å². The van der Waals surface area contributed by atoms with E-state index in [4.69, 9.17) is 4.74 Å². The summed E-state index contributed by atoms with van der Waals surface area (Å²) in [6.45, 7) is 0.264. The number of hydrogen-bond acceptors (Lipinski definition) is 5. The molecule has 8 heteroatoms. The number of rotatable bonds is 5. The Balaban J connectivity index is 1.40. The maximum Gasteiger partial charge on any atom is 0.253 e. The van der Waals surface area contributed by atoms with Crippen molar-refractivity contribution < 1.29 is 9.53 Å². The lowest BCUT2D eigenvalue weighted by molar-refractivity contribution is 0.0949. The summed E-state index contributed by atoms with van der Waals surface area (Å²) in [4.78, 5) is 16.5. The Labute approximate surface area is 163 Å². The predicted octanol–water partition coefficient (Wildman–Crippen LogP) is 3.61. The minimum absolute atomic E-state index is 0.246. The molecule has 4 rings (SSSR count). The zero-order valence-corrected chi connectivity index (χ0v) is 15.6. The summed E-state index contributed by atoms with van der Waals surface area (Å²) in [7, 11) is 0. The normalized spacial score (nSPS) is 10.7. The fourth-order valence-corrected chi connectivity index (χ4v) is 2.88. The molecule has 134 valence electrons. The third-order valence-corrected chi connectivity index (χ3v) is 4.30. The molecule has 0 saturated heterocycles. The quantitative estimate of drug-likeness (QED) is 0.530. The summed E-state index contributed by atoms with van der Waals surface area (Å²) in [5, 5.41) is 11.0. The van der Waals surface area contributed by atoms with Crippen LogP contribution in [0.3, 0.4) is 0 Å². The first kappa shape index (κ1) is 17.2. The molecule has 0 spiro atoms. The van der Waals surface area contributed by atoms with Gasteiger partial charge in [-0.25, -0.2) is 4.98 Å². The molecule has 1 N–H and O–H groups in total. The van der Waals surface area contributed by atoms with Crippen LogP contribution in [-0.2, 0) is 6.54 Å². The van der Waals surface area contributed by atoms with Crippen LogP contribution in [0.15, 0.2) is 71.5 Å². The number of hydrogen-bond donors (Lipinski definition) is 1. The Morgan fingerprint density at radius 3 is 2.85 bits per heavy atom. The second-order valence-electron chi connectivity index (χ2n) is 5.67. The molecular weight excluding hydrogens is 410 g/mol. The van der Waals surface area contributed by atoms with E-state index in [-0.39, 0.29) is 12.5 Å². The molecule has 7 nitrogen and oxygen atoms in total. The second-order valence-corrected chi connectivity index (χ2v) is 6.59. The molecule has 0 aliphatic rings. The third-order valence-electron chi connectivity index (χ3n) is 3.81. The van der Waals surface area contributed by atoms with Crippen LogP contribution in [0.5, 0.6) is 11.6 Å². The topological polar surface area (TPSA) is 81.4 Å². The Bertz CT molecular complexity index is 1090. The van der Waals surface area contributed by atoms with Crippen LogP contribution in [-0.4, -0.2) is 25.5 Å². The van der Waals surface area contributed by atoms with Crippen molar-refractivity contribution >= 4 is 27.5 Å². The number of nitrogens with one attached hydrogen (secondary N) is 1. The van der Waals surface area contributed by atoms with Crippen LogP contribution in [0.25, 0.3) is 5.65 Å². The van der Waals surface area contributed by atoms with Gasteiger partial charge in [-0.2, -0.15) is 0 Å². The van der Waals surface area contributed by atoms with E-state index in [0.29, 0.717) is 23.0 Å². The van der Waals surface area contributed by atoms with Crippen LogP contribution < -0.4 is 10.1 Å². The SMILES string of the molecule is O=C(NCc1nnc2ccccn12)c1ccc(Oc2cccc(Br)c2)nc1. The maximum atomic E-state index is 12.3. The van der Waals surface area contributed by atoms with Gasteiger partial charge in [-0.1, -0.05) is 28.1 Å². The Hall–Kier alpha value is -3.26. The number of halogens is 1. The number of pyridine rings is 2. The molecule has 1 aromatic carbocycles. The number of ether oxygens (including phenoxy) is 1. The van der Waals surface area contributed by atoms with Gasteiger partial charge in [-0.15, -0.1) is 10.2 Å². The van der Waals surface area contributed by atoms with E-state index >= 15 is 0 Å². The largest absolute Gasteiger partial charge is 0.439 e. The summed E-state index contributed by atoms with van der Waals surface area (Å²) in [5.74, 6) is 1.48. The lowest BCUT2D eigenvalue weighted by Gasteiger charge is -2.07. The minimum atomic E-state index is -0.246. The number of carbonyl (C=O) groups excluding carboxylic acids is 1. The first-order chi connectivity index (χ1) is 13.2. The molecule has 0 aliphatic carbocycles. The van der Waals surface area contributed by atoms with Crippen molar-refractivity contribution in [1.29, 1.82) is 0 Å². The lowest BCUT2D eigenvalue weighted by atomic mass is 10.2. The maximum absolute atomic E-state index is 12.3. The van der Waals surface area contributed by atoms with Crippen molar-refractivity contribution in [3.8, 4) is 11.6 Å². The van der Waals surface area contributed by atoms with Crippen LogP contribution in [0.4, 0.5) is 0 Å². The highest BCUT2D eigenvalue weighted by Gasteiger charge is 2.10. The summed E-state index contributed by atoms with van der Waals surface area (Å²) >= 11 is 3.39. The fourth-order valence-electron chi connectivity index (χ4n) is 2.50. The van der Waals surface area contributed by atoms with E-state index in [1.165, 1.54) is 6.20 Å². The molecule has 1 amide bonds. The van der Waals surface area contributed by atoms with Gasteiger partial charge in [0, 0.05) is 22.9 Å². The number of benzene rings is 1. The number of amides is 1. The summed E-state index contributed by atoms with van der Waals surface area (Å²) < 4.78 is 8.41. The van der Waals surface area contributed by atoms with Crippen LogP contribution in [0.1, 0.15) is 16.2 Å². The Kier molecular flexibility index (Phi) is 4.80. The Morgan fingerprint density at radius 1 is 1.11 bits per heavy atom. The lowest BCUT2D eigenvalue weighted by Crippen LogP contribution is -2.24. The molecule has 0 bridgehead atoms. The first-order valence-corrected chi connectivity index (χ1v) is 8.95. The highest BCUT2D eigenvalue weighted by Crippen LogP contribution is 2.22. The van der Waals surface area contributed by atoms with Gasteiger partial charge in [0.05, 0.1) is 12.1 Å². The highest BCUT2D eigenvalue weighted by molar-refractivity contribution is 9.10. The molecule has 3 heterocycles. The molecule has 0 saturated carbocycles. The van der Waals surface area contributed by atoms with E-state index in [2.05, 4.69) is 36.4 Å². The first-order valence-electron chi connectivity index (χ1n) is 8.15. The molecular formula is C19H14BrN5O2. The van der Waals surface area contributed by atoms with E-state index in [9.17, 15) is 4.79 Å². The average Bonchev–Trinajstić information content (AvgIpc) is 3.10. The Morgan fingerprint density at radius 2 is 2.04 bits per heavy atom. The van der Waals surface area contributed by atoms with E-state index < -0.39 is 0 Å². The van der Waals surface area contributed by atoms with Gasteiger partial charge in [-0.3, -0.25) is 9.20 Å². The summed E-state index contributed by atoms with van der Waals surface area (Å²) in [5.41, 5.74) is 1.17.